The van der Waals surface area contributed by atoms with Crippen molar-refractivity contribution in [3.63, 3.8) is 0 Å². The molecule has 1 aliphatic heterocycles. The van der Waals surface area contributed by atoms with E-state index in [1.165, 1.54) is 5.01 Å². The van der Waals surface area contributed by atoms with Crippen molar-refractivity contribution in [2.45, 2.75) is 20.3 Å². The van der Waals surface area contributed by atoms with Crippen LogP contribution in [0.1, 0.15) is 19.4 Å². The number of nitrogens with one attached hydrogen (secondary N) is 1. The van der Waals surface area contributed by atoms with Crippen molar-refractivity contribution in [2.75, 3.05) is 10.3 Å². The molecule has 5 nitrogen and oxygen atoms in total. The number of anilines is 2. The molecule has 2 aromatic rings. The van der Waals surface area contributed by atoms with Crippen LogP contribution in [0, 0.1) is 5.92 Å². The Morgan fingerprint density at radius 1 is 1.17 bits per heavy atom. The highest BCUT2D eigenvalue weighted by molar-refractivity contribution is 6.28. The van der Waals surface area contributed by atoms with Crippen LogP contribution >= 0.6 is 0 Å². The lowest BCUT2D eigenvalue weighted by Crippen LogP contribution is -2.36. The minimum absolute atomic E-state index is 0.331. The molecule has 0 spiro atoms. The second kappa shape index (κ2) is 6.66. The van der Waals surface area contributed by atoms with Crippen LogP contribution in [0.2, 0.25) is 0 Å². The summed E-state index contributed by atoms with van der Waals surface area (Å²) < 4.78 is 0. The van der Waals surface area contributed by atoms with Gasteiger partial charge in [0.05, 0.1) is 11.4 Å². The van der Waals surface area contributed by atoms with E-state index < -0.39 is 5.92 Å². The van der Waals surface area contributed by atoms with Crippen LogP contribution in [0.4, 0.5) is 11.4 Å². The number of hydrogen-bond acceptors (Lipinski definition) is 3. The number of carbonyl (C=O) groups excluding carboxylic acids is 2. The molecule has 0 saturated carbocycles. The molecule has 0 aliphatic carbocycles. The van der Waals surface area contributed by atoms with E-state index in [2.05, 4.69) is 17.3 Å². The van der Waals surface area contributed by atoms with Gasteiger partial charge in [-0.15, -0.1) is 0 Å². The summed E-state index contributed by atoms with van der Waals surface area (Å²) in [6.07, 6.45) is 0.883. The third kappa shape index (κ3) is 3.06. The standard InChI is InChI=1S/C19H19N3O2/c1-3-14-8-7-9-15(12-14)20-18(23)17-13(2)21-22(19(17)24)16-10-5-4-6-11-16/h4-12,17H,3H2,1-2H3,(H,20,23). The van der Waals surface area contributed by atoms with E-state index in [0.717, 1.165) is 12.0 Å². The Kier molecular flexibility index (Phi) is 4.42. The highest BCUT2D eigenvalue weighted by Crippen LogP contribution is 2.24. The van der Waals surface area contributed by atoms with Gasteiger partial charge >= 0.3 is 0 Å². The Morgan fingerprint density at radius 2 is 1.92 bits per heavy atom. The fourth-order valence-electron chi connectivity index (χ4n) is 2.71. The van der Waals surface area contributed by atoms with Crippen LogP contribution in [0.25, 0.3) is 0 Å². The number of aryl methyl sites for hydroxylation is 1. The van der Waals surface area contributed by atoms with E-state index >= 15 is 0 Å². The van der Waals surface area contributed by atoms with Crippen LogP contribution in [-0.2, 0) is 16.0 Å². The van der Waals surface area contributed by atoms with Crippen molar-refractivity contribution >= 4 is 28.9 Å². The summed E-state index contributed by atoms with van der Waals surface area (Å²) in [5.74, 6) is -1.58. The van der Waals surface area contributed by atoms with Crippen molar-refractivity contribution in [3.05, 3.63) is 60.2 Å². The highest BCUT2D eigenvalue weighted by Gasteiger charge is 2.39. The second-order valence-electron chi connectivity index (χ2n) is 5.70. The quantitative estimate of drug-likeness (QED) is 0.879. The molecule has 1 aliphatic rings. The van der Waals surface area contributed by atoms with Gasteiger partial charge in [-0.25, -0.2) is 0 Å². The number of amides is 2. The zero-order valence-corrected chi connectivity index (χ0v) is 13.7. The Balaban J connectivity index is 1.78. The zero-order valence-electron chi connectivity index (χ0n) is 13.7. The predicted octanol–water partition coefficient (Wildman–Crippen LogP) is 3.23. The maximum absolute atomic E-state index is 12.6. The fourth-order valence-corrected chi connectivity index (χ4v) is 2.71. The molecule has 0 saturated heterocycles. The molecule has 1 atom stereocenters. The molecule has 122 valence electrons. The van der Waals surface area contributed by atoms with Gasteiger partial charge in [-0.1, -0.05) is 37.3 Å². The Bertz CT molecular complexity index is 799. The molecule has 1 heterocycles. The van der Waals surface area contributed by atoms with E-state index in [9.17, 15) is 9.59 Å². The first-order valence-corrected chi connectivity index (χ1v) is 7.94. The van der Waals surface area contributed by atoms with Crippen molar-refractivity contribution in [3.8, 4) is 0 Å². The predicted molar refractivity (Wildman–Crippen MR) is 95.0 cm³/mol. The first-order valence-electron chi connectivity index (χ1n) is 7.94. The van der Waals surface area contributed by atoms with Gasteiger partial charge in [0.2, 0.25) is 5.91 Å². The molecular weight excluding hydrogens is 302 g/mol. The summed E-state index contributed by atoms with van der Waals surface area (Å²) in [5, 5.41) is 8.38. The van der Waals surface area contributed by atoms with Gasteiger partial charge in [0.25, 0.3) is 5.91 Å². The summed E-state index contributed by atoms with van der Waals surface area (Å²) in [4.78, 5) is 25.2. The van der Waals surface area contributed by atoms with Crippen LogP contribution < -0.4 is 10.3 Å². The minimum atomic E-state index is -0.893. The average Bonchev–Trinajstić information content (AvgIpc) is 2.90. The van der Waals surface area contributed by atoms with Crippen molar-refractivity contribution < 1.29 is 9.59 Å². The number of benzene rings is 2. The summed E-state index contributed by atoms with van der Waals surface area (Å²) in [6.45, 7) is 3.75. The molecule has 0 bridgehead atoms. The molecule has 2 aromatic carbocycles. The van der Waals surface area contributed by atoms with E-state index in [1.54, 1.807) is 19.1 Å². The van der Waals surface area contributed by atoms with E-state index in [1.807, 2.05) is 42.5 Å². The van der Waals surface area contributed by atoms with Crippen molar-refractivity contribution in [1.29, 1.82) is 0 Å². The normalized spacial score (nSPS) is 16.9. The summed E-state index contributed by atoms with van der Waals surface area (Å²) in [7, 11) is 0. The number of para-hydroxylation sites is 1. The average molecular weight is 321 g/mol. The number of hydrazone groups is 1. The van der Waals surface area contributed by atoms with Gasteiger partial charge in [-0.3, -0.25) is 9.59 Å². The van der Waals surface area contributed by atoms with Gasteiger partial charge in [-0.2, -0.15) is 10.1 Å². The second-order valence-corrected chi connectivity index (χ2v) is 5.70. The lowest BCUT2D eigenvalue weighted by molar-refractivity contribution is -0.127. The molecule has 2 amide bonds. The zero-order chi connectivity index (χ0) is 17.1. The third-order valence-corrected chi connectivity index (χ3v) is 4.00. The monoisotopic (exact) mass is 321 g/mol. The molecule has 0 aromatic heterocycles. The maximum Gasteiger partial charge on any atom is 0.265 e. The Hall–Kier alpha value is -2.95. The van der Waals surface area contributed by atoms with Crippen molar-refractivity contribution in [1.82, 2.24) is 0 Å². The number of rotatable bonds is 4. The van der Waals surface area contributed by atoms with Crippen LogP contribution in [0.3, 0.4) is 0 Å². The number of hydrogen-bond donors (Lipinski definition) is 1. The highest BCUT2D eigenvalue weighted by atomic mass is 16.2. The van der Waals surface area contributed by atoms with Crippen LogP contribution in [0.15, 0.2) is 59.7 Å². The fraction of sp³-hybridized carbons (Fsp3) is 0.211. The van der Waals surface area contributed by atoms with Crippen LogP contribution in [0.5, 0.6) is 0 Å². The van der Waals surface area contributed by atoms with E-state index in [0.29, 0.717) is 17.1 Å². The first kappa shape index (κ1) is 15.9. The lowest BCUT2D eigenvalue weighted by atomic mass is 10.0. The van der Waals surface area contributed by atoms with Gasteiger partial charge in [0.15, 0.2) is 5.92 Å². The molecule has 0 fully saturated rings. The van der Waals surface area contributed by atoms with Gasteiger partial charge in [0.1, 0.15) is 0 Å². The third-order valence-electron chi connectivity index (χ3n) is 4.00. The maximum atomic E-state index is 12.6. The minimum Gasteiger partial charge on any atom is -0.325 e. The number of nitrogens with zero attached hydrogens (tertiary/aromatic N) is 2. The van der Waals surface area contributed by atoms with Crippen LogP contribution in [-0.4, -0.2) is 17.5 Å². The molecule has 1 unspecified atom stereocenters. The number of carbonyl (C=O) groups is 2. The largest absolute Gasteiger partial charge is 0.325 e. The van der Waals surface area contributed by atoms with E-state index in [-0.39, 0.29) is 11.8 Å². The molecular formula is C19H19N3O2. The summed E-state index contributed by atoms with van der Waals surface area (Å²) >= 11 is 0. The molecule has 1 N–H and O–H groups in total. The summed E-state index contributed by atoms with van der Waals surface area (Å²) in [6, 6.07) is 16.7. The van der Waals surface area contributed by atoms with Gasteiger partial charge < -0.3 is 5.32 Å². The van der Waals surface area contributed by atoms with Gasteiger partial charge in [0, 0.05) is 5.69 Å². The molecule has 5 heteroatoms. The molecule has 3 rings (SSSR count). The van der Waals surface area contributed by atoms with E-state index in [4.69, 9.17) is 0 Å². The molecule has 0 radical (unpaired) electrons. The SMILES string of the molecule is CCc1cccc(NC(=O)C2C(=O)N(c3ccccc3)N=C2C)c1. The molecule has 24 heavy (non-hydrogen) atoms. The van der Waals surface area contributed by atoms with Gasteiger partial charge in [-0.05, 0) is 43.2 Å². The Morgan fingerprint density at radius 3 is 2.62 bits per heavy atom. The topological polar surface area (TPSA) is 61.8 Å². The Labute approximate surface area is 141 Å². The smallest absolute Gasteiger partial charge is 0.265 e. The summed E-state index contributed by atoms with van der Waals surface area (Å²) in [5.41, 5.74) is 2.97. The van der Waals surface area contributed by atoms with Crippen molar-refractivity contribution in [2.24, 2.45) is 11.0 Å². The lowest BCUT2D eigenvalue weighted by Gasteiger charge is -2.14. The first-order chi connectivity index (χ1) is 11.6.